The van der Waals surface area contributed by atoms with Gasteiger partial charge in [0.15, 0.2) is 11.5 Å². The minimum absolute atomic E-state index is 0.0598. The van der Waals surface area contributed by atoms with E-state index in [1.807, 2.05) is 41.3 Å². The Labute approximate surface area is 161 Å². The molecule has 1 fully saturated rings. The van der Waals surface area contributed by atoms with Crippen molar-refractivity contribution in [2.24, 2.45) is 0 Å². The fourth-order valence-electron chi connectivity index (χ4n) is 3.49. The number of benzene rings is 2. The molecule has 7 heteroatoms. The highest BCUT2D eigenvalue weighted by molar-refractivity contribution is 8.00. The molecule has 0 N–H and O–H groups in total. The zero-order valence-corrected chi connectivity index (χ0v) is 16.2. The van der Waals surface area contributed by atoms with Gasteiger partial charge < -0.3 is 19.1 Å². The molecule has 2 aromatic rings. The van der Waals surface area contributed by atoms with Gasteiger partial charge in [-0.1, -0.05) is 23.9 Å². The van der Waals surface area contributed by atoms with Crippen molar-refractivity contribution in [3.8, 4) is 17.2 Å². The molecule has 136 valence electrons. The number of nitrogens with zero attached hydrogens (tertiary/aromatic N) is 1. The zero-order valence-electron chi connectivity index (χ0n) is 14.6. The van der Waals surface area contributed by atoms with Gasteiger partial charge in [-0.15, -0.1) is 11.6 Å². The summed E-state index contributed by atoms with van der Waals surface area (Å²) < 4.78 is 16.1. The van der Waals surface area contributed by atoms with E-state index >= 15 is 0 Å². The maximum Gasteiger partial charge on any atom is 0.246 e. The SMILES string of the molecule is COc1ccc([C@@]23Sc4cc(OC)c(OC)cc4CN2C(=O)[C@H]3Cl)cc1. The minimum atomic E-state index is -0.627. The number of thioether (sulfide) groups is 1. The number of rotatable bonds is 4. The molecule has 0 saturated carbocycles. The number of β-lactam (4-membered cyclic amide) rings is 1. The third-order valence-corrected chi connectivity index (χ3v) is 7.13. The second-order valence-corrected chi connectivity index (χ2v) is 7.83. The van der Waals surface area contributed by atoms with Crippen LogP contribution < -0.4 is 14.2 Å². The molecule has 2 aliphatic heterocycles. The zero-order chi connectivity index (χ0) is 18.5. The Bertz CT molecular complexity index is 873. The van der Waals surface area contributed by atoms with Crippen molar-refractivity contribution < 1.29 is 19.0 Å². The lowest BCUT2D eigenvalue weighted by atomic mass is 9.90. The van der Waals surface area contributed by atoms with Crippen molar-refractivity contribution in [3.63, 3.8) is 0 Å². The first kappa shape index (κ1) is 17.4. The van der Waals surface area contributed by atoms with Crippen LogP contribution in [0.3, 0.4) is 0 Å². The minimum Gasteiger partial charge on any atom is -0.497 e. The molecule has 2 heterocycles. The van der Waals surface area contributed by atoms with Crippen LogP contribution in [-0.2, 0) is 16.2 Å². The third-order valence-electron chi connectivity index (χ3n) is 4.89. The fraction of sp³-hybridized carbons (Fsp3) is 0.316. The second-order valence-electron chi connectivity index (χ2n) is 6.13. The number of ether oxygens (including phenoxy) is 3. The van der Waals surface area contributed by atoms with Crippen LogP contribution in [0.1, 0.15) is 11.1 Å². The van der Waals surface area contributed by atoms with Crippen LogP contribution in [0.4, 0.5) is 0 Å². The number of amides is 1. The molecule has 0 aliphatic carbocycles. The summed E-state index contributed by atoms with van der Waals surface area (Å²) >= 11 is 8.12. The van der Waals surface area contributed by atoms with Crippen LogP contribution in [0.15, 0.2) is 41.3 Å². The normalized spacial score (nSPS) is 23.6. The Kier molecular flexibility index (Phi) is 4.20. The summed E-state index contributed by atoms with van der Waals surface area (Å²) in [6.45, 7) is 0.483. The first-order chi connectivity index (χ1) is 12.5. The highest BCUT2D eigenvalue weighted by atomic mass is 35.5. The molecule has 0 unspecified atom stereocenters. The van der Waals surface area contributed by atoms with Crippen molar-refractivity contribution in [2.75, 3.05) is 21.3 Å². The highest BCUT2D eigenvalue weighted by Gasteiger charge is 2.63. The van der Waals surface area contributed by atoms with Crippen LogP contribution in [-0.4, -0.2) is 37.5 Å². The van der Waals surface area contributed by atoms with E-state index in [1.54, 1.807) is 33.1 Å². The molecule has 0 bridgehead atoms. The van der Waals surface area contributed by atoms with E-state index in [0.29, 0.717) is 18.0 Å². The summed E-state index contributed by atoms with van der Waals surface area (Å²) in [4.78, 5) is 14.7. The van der Waals surface area contributed by atoms with Crippen molar-refractivity contribution in [1.29, 1.82) is 0 Å². The number of alkyl halides is 1. The van der Waals surface area contributed by atoms with E-state index in [4.69, 9.17) is 25.8 Å². The number of halogens is 1. The monoisotopic (exact) mass is 391 g/mol. The van der Waals surface area contributed by atoms with E-state index in [-0.39, 0.29) is 5.91 Å². The quantitative estimate of drug-likeness (QED) is 0.588. The molecule has 0 radical (unpaired) electrons. The van der Waals surface area contributed by atoms with Gasteiger partial charge in [-0.05, 0) is 35.4 Å². The molecule has 5 nitrogen and oxygen atoms in total. The lowest BCUT2D eigenvalue weighted by molar-refractivity contribution is -0.149. The highest BCUT2D eigenvalue weighted by Crippen LogP contribution is 2.60. The van der Waals surface area contributed by atoms with E-state index in [1.165, 1.54) is 0 Å². The molecule has 4 rings (SSSR count). The smallest absolute Gasteiger partial charge is 0.246 e. The molecule has 0 aromatic heterocycles. The number of carbonyl (C=O) groups is 1. The fourth-order valence-corrected chi connectivity index (χ4v) is 5.46. The lowest BCUT2D eigenvalue weighted by Crippen LogP contribution is -2.68. The molecule has 0 spiro atoms. The molecule has 2 atom stereocenters. The molecule has 1 saturated heterocycles. The van der Waals surface area contributed by atoms with Gasteiger partial charge in [-0.3, -0.25) is 4.79 Å². The van der Waals surface area contributed by atoms with Crippen molar-refractivity contribution >= 4 is 29.3 Å². The van der Waals surface area contributed by atoms with Crippen molar-refractivity contribution in [1.82, 2.24) is 4.90 Å². The van der Waals surface area contributed by atoms with Crippen LogP contribution in [0.25, 0.3) is 0 Å². The maximum absolute atomic E-state index is 12.5. The predicted octanol–water partition coefficient (Wildman–Crippen LogP) is 3.62. The summed E-state index contributed by atoms with van der Waals surface area (Å²) in [6, 6.07) is 11.6. The van der Waals surface area contributed by atoms with Gasteiger partial charge in [0, 0.05) is 11.4 Å². The second kappa shape index (κ2) is 6.28. The molecule has 2 aromatic carbocycles. The van der Waals surface area contributed by atoms with E-state index in [2.05, 4.69) is 0 Å². The summed E-state index contributed by atoms with van der Waals surface area (Å²) in [5.74, 6) is 2.02. The van der Waals surface area contributed by atoms with E-state index in [0.717, 1.165) is 21.8 Å². The largest absolute Gasteiger partial charge is 0.497 e. The van der Waals surface area contributed by atoms with Gasteiger partial charge in [0.1, 0.15) is 16.0 Å². The lowest BCUT2D eigenvalue weighted by Gasteiger charge is -2.57. The number of carbonyl (C=O) groups excluding carboxylic acids is 1. The van der Waals surface area contributed by atoms with Crippen LogP contribution in [0.5, 0.6) is 17.2 Å². The summed E-state index contributed by atoms with van der Waals surface area (Å²) in [5, 5.41) is -0.623. The average molecular weight is 392 g/mol. The summed E-state index contributed by atoms with van der Waals surface area (Å²) in [6.07, 6.45) is 0. The summed E-state index contributed by atoms with van der Waals surface area (Å²) in [5.41, 5.74) is 2.00. The third kappa shape index (κ3) is 2.28. The van der Waals surface area contributed by atoms with Gasteiger partial charge in [0.25, 0.3) is 0 Å². The number of hydrogen-bond acceptors (Lipinski definition) is 5. The summed E-state index contributed by atoms with van der Waals surface area (Å²) in [7, 11) is 4.84. The Morgan fingerprint density at radius 2 is 1.73 bits per heavy atom. The first-order valence-electron chi connectivity index (χ1n) is 8.09. The first-order valence-corrected chi connectivity index (χ1v) is 9.34. The molecule has 2 aliphatic rings. The molecule has 26 heavy (non-hydrogen) atoms. The van der Waals surface area contributed by atoms with E-state index < -0.39 is 10.2 Å². The van der Waals surface area contributed by atoms with Crippen LogP contribution >= 0.6 is 23.4 Å². The van der Waals surface area contributed by atoms with Gasteiger partial charge in [-0.25, -0.2) is 0 Å². The van der Waals surface area contributed by atoms with Crippen molar-refractivity contribution in [2.45, 2.75) is 21.7 Å². The Morgan fingerprint density at radius 1 is 1.08 bits per heavy atom. The maximum atomic E-state index is 12.5. The van der Waals surface area contributed by atoms with Gasteiger partial charge in [0.05, 0.1) is 21.3 Å². The Morgan fingerprint density at radius 3 is 2.35 bits per heavy atom. The number of fused-ring (bicyclic) bond motifs is 2. The number of hydrogen-bond donors (Lipinski definition) is 0. The van der Waals surface area contributed by atoms with E-state index in [9.17, 15) is 4.79 Å². The molecular formula is C19H18ClNO4S. The predicted molar refractivity (Wildman–Crippen MR) is 100 cm³/mol. The van der Waals surface area contributed by atoms with Gasteiger partial charge in [-0.2, -0.15) is 0 Å². The average Bonchev–Trinajstić information content (AvgIpc) is 2.70. The molecular weight excluding hydrogens is 374 g/mol. The molecule has 1 amide bonds. The Hall–Kier alpha value is -2.05. The van der Waals surface area contributed by atoms with Crippen molar-refractivity contribution in [3.05, 3.63) is 47.5 Å². The topological polar surface area (TPSA) is 48.0 Å². The Balaban J connectivity index is 1.81. The van der Waals surface area contributed by atoms with Gasteiger partial charge in [0.2, 0.25) is 5.91 Å². The standard InChI is InChI=1S/C19H18ClNO4S/c1-23-13-6-4-12(5-7-13)19-17(20)18(22)21(19)10-11-8-14(24-2)15(25-3)9-16(11)26-19/h4-9,17H,10H2,1-3H3/t17-,19+/m1/s1. The number of methoxy groups -OCH3 is 3. The van der Waals surface area contributed by atoms with Gasteiger partial charge >= 0.3 is 0 Å². The van der Waals surface area contributed by atoms with Crippen LogP contribution in [0, 0.1) is 0 Å². The van der Waals surface area contributed by atoms with Crippen LogP contribution in [0.2, 0.25) is 0 Å².